The Hall–Kier alpha value is -0.800. The molecular weight excluding hydrogens is 217 g/mol. The van der Waals surface area contributed by atoms with E-state index in [0.29, 0.717) is 17.7 Å². The van der Waals surface area contributed by atoms with Crippen molar-refractivity contribution >= 4 is 11.6 Å². The SMILES string of the molecule is Fc1cc(Cl)ccc1OCC1CCCN1. The largest absolute Gasteiger partial charge is 0.489 e. The van der Waals surface area contributed by atoms with Crippen LogP contribution in [0.5, 0.6) is 5.75 Å². The number of hydrogen-bond acceptors (Lipinski definition) is 2. The molecule has 1 aromatic carbocycles. The Morgan fingerprint density at radius 3 is 3.07 bits per heavy atom. The number of nitrogens with one attached hydrogen (secondary N) is 1. The summed E-state index contributed by atoms with van der Waals surface area (Å²) in [7, 11) is 0. The smallest absolute Gasteiger partial charge is 0.166 e. The number of hydrogen-bond donors (Lipinski definition) is 1. The van der Waals surface area contributed by atoms with E-state index in [-0.39, 0.29) is 5.75 Å². The molecule has 15 heavy (non-hydrogen) atoms. The van der Waals surface area contributed by atoms with Crippen molar-refractivity contribution in [2.45, 2.75) is 18.9 Å². The van der Waals surface area contributed by atoms with Crippen LogP contribution in [0.15, 0.2) is 18.2 Å². The summed E-state index contributed by atoms with van der Waals surface area (Å²) in [4.78, 5) is 0. The first-order valence-electron chi connectivity index (χ1n) is 5.07. The zero-order valence-corrected chi connectivity index (χ0v) is 9.06. The Morgan fingerprint density at radius 2 is 2.40 bits per heavy atom. The normalized spacial score (nSPS) is 20.5. The van der Waals surface area contributed by atoms with Gasteiger partial charge in [-0.3, -0.25) is 0 Å². The van der Waals surface area contributed by atoms with Gasteiger partial charge in [0.25, 0.3) is 0 Å². The molecule has 0 aromatic heterocycles. The van der Waals surface area contributed by atoms with Gasteiger partial charge in [0.2, 0.25) is 0 Å². The fraction of sp³-hybridized carbons (Fsp3) is 0.455. The molecule has 1 unspecified atom stereocenters. The van der Waals surface area contributed by atoms with E-state index in [1.165, 1.54) is 6.07 Å². The maximum atomic E-state index is 13.3. The van der Waals surface area contributed by atoms with Gasteiger partial charge in [0.05, 0.1) is 0 Å². The molecule has 0 radical (unpaired) electrons. The lowest BCUT2D eigenvalue weighted by Gasteiger charge is -2.12. The monoisotopic (exact) mass is 229 g/mol. The van der Waals surface area contributed by atoms with Gasteiger partial charge in [-0.05, 0) is 37.6 Å². The Morgan fingerprint density at radius 1 is 1.53 bits per heavy atom. The van der Waals surface area contributed by atoms with Gasteiger partial charge < -0.3 is 10.1 Å². The van der Waals surface area contributed by atoms with Crippen LogP contribution in [0.3, 0.4) is 0 Å². The highest BCUT2D eigenvalue weighted by molar-refractivity contribution is 6.30. The van der Waals surface area contributed by atoms with E-state index < -0.39 is 5.82 Å². The molecular formula is C11H13ClFNO. The van der Waals surface area contributed by atoms with Gasteiger partial charge >= 0.3 is 0 Å². The van der Waals surface area contributed by atoms with Gasteiger partial charge in [-0.15, -0.1) is 0 Å². The molecule has 1 aromatic rings. The Balaban J connectivity index is 1.92. The summed E-state index contributed by atoms with van der Waals surface area (Å²) in [6.45, 7) is 1.54. The van der Waals surface area contributed by atoms with Crippen LogP contribution in [0, 0.1) is 5.82 Å². The van der Waals surface area contributed by atoms with Crippen molar-refractivity contribution in [2.75, 3.05) is 13.2 Å². The number of halogens is 2. The number of ether oxygens (including phenoxy) is 1. The van der Waals surface area contributed by atoms with Crippen molar-refractivity contribution in [2.24, 2.45) is 0 Å². The second-order valence-electron chi connectivity index (χ2n) is 3.68. The molecule has 0 amide bonds. The summed E-state index contributed by atoms with van der Waals surface area (Å²) < 4.78 is 18.7. The standard InChI is InChI=1S/C11H13ClFNO/c12-8-3-4-11(10(13)6-8)15-7-9-2-1-5-14-9/h3-4,6,9,14H,1-2,5,7H2. The van der Waals surface area contributed by atoms with Crippen molar-refractivity contribution in [3.63, 3.8) is 0 Å². The lowest BCUT2D eigenvalue weighted by Crippen LogP contribution is -2.28. The molecule has 1 N–H and O–H groups in total. The van der Waals surface area contributed by atoms with E-state index in [0.717, 1.165) is 19.4 Å². The molecule has 1 aliphatic rings. The average Bonchev–Trinajstić information content (AvgIpc) is 2.69. The zero-order chi connectivity index (χ0) is 10.7. The first kappa shape index (κ1) is 10.7. The summed E-state index contributed by atoms with van der Waals surface area (Å²) in [6, 6.07) is 4.80. The van der Waals surface area contributed by atoms with E-state index >= 15 is 0 Å². The first-order valence-corrected chi connectivity index (χ1v) is 5.45. The minimum atomic E-state index is -0.402. The second-order valence-corrected chi connectivity index (χ2v) is 4.12. The fourth-order valence-electron chi connectivity index (χ4n) is 1.68. The molecule has 1 saturated heterocycles. The van der Waals surface area contributed by atoms with Crippen molar-refractivity contribution in [1.29, 1.82) is 0 Å². The van der Waals surface area contributed by atoms with Gasteiger partial charge in [-0.1, -0.05) is 11.6 Å². The lowest BCUT2D eigenvalue weighted by atomic mass is 10.2. The molecule has 1 aliphatic heterocycles. The second kappa shape index (κ2) is 4.81. The summed E-state index contributed by atoms with van der Waals surface area (Å²) in [5, 5.41) is 3.67. The zero-order valence-electron chi connectivity index (χ0n) is 8.30. The fourth-order valence-corrected chi connectivity index (χ4v) is 1.84. The van der Waals surface area contributed by atoms with Crippen LogP contribution in [0.2, 0.25) is 5.02 Å². The van der Waals surface area contributed by atoms with E-state index in [9.17, 15) is 4.39 Å². The van der Waals surface area contributed by atoms with E-state index in [1.54, 1.807) is 12.1 Å². The van der Waals surface area contributed by atoms with Crippen molar-refractivity contribution in [3.8, 4) is 5.75 Å². The third kappa shape index (κ3) is 2.83. The van der Waals surface area contributed by atoms with Gasteiger partial charge in [0, 0.05) is 11.1 Å². The summed E-state index contributed by atoms with van der Waals surface area (Å²) >= 11 is 5.64. The van der Waals surface area contributed by atoms with Gasteiger partial charge in [-0.2, -0.15) is 0 Å². The first-order chi connectivity index (χ1) is 7.25. The summed E-state index contributed by atoms with van der Waals surface area (Å²) in [5.74, 6) is -0.131. The molecule has 0 aliphatic carbocycles. The van der Waals surface area contributed by atoms with Crippen LogP contribution >= 0.6 is 11.6 Å². The molecule has 0 spiro atoms. The molecule has 1 heterocycles. The Labute approximate surface area is 93.4 Å². The quantitative estimate of drug-likeness (QED) is 0.861. The van der Waals surface area contributed by atoms with Crippen LogP contribution in [-0.4, -0.2) is 19.2 Å². The maximum absolute atomic E-state index is 13.3. The van der Waals surface area contributed by atoms with Crippen LogP contribution in [0.1, 0.15) is 12.8 Å². The molecule has 2 nitrogen and oxygen atoms in total. The molecule has 0 bridgehead atoms. The predicted octanol–water partition coefficient (Wildman–Crippen LogP) is 2.61. The van der Waals surface area contributed by atoms with E-state index in [4.69, 9.17) is 16.3 Å². The topological polar surface area (TPSA) is 21.3 Å². The number of rotatable bonds is 3. The highest BCUT2D eigenvalue weighted by Gasteiger charge is 2.15. The summed E-state index contributed by atoms with van der Waals surface area (Å²) in [5.41, 5.74) is 0. The van der Waals surface area contributed by atoms with Crippen molar-refractivity contribution in [3.05, 3.63) is 29.0 Å². The molecule has 1 fully saturated rings. The van der Waals surface area contributed by atoms with Crippen LogP contribution in [-0.2, 0) is 0 Å². The van der Waals surface area contributed by atoms with Crippen LogP contribution < -0.4 is 10.1 Å². The van der Waals surface area contributed by atoms with Gasteiger partial charge in [0.1, 0.15) is 6.61 Å². The molecule has 1 atom stereocenters. The highest BCUT2D eigenvalue weighted by atomic mass is 35.5. The third-order valence-electron chi connectivity index (χ3n) is 2.50. The molecule has 2 rings (SSSR count). The summed E-state index contributed by atoms with van der Waals surface area (Å²) in [6.07, 6.45) is 2.26. The van der Waals surface area contributed by atoms with Crippen LogP contribution in [0.4, 0.5) is 4.39 Å². The Bertz CT molecular complexity index is 339. The van der Waals surface area contributed by atoms with Crippen molar-refractivity contribution < 1.29 is 9.13 Å². The average molecular weight is 230 g/mol. The molecule has 4 heteroatoms. The predicted molar refractivity (Wildman–Crippen MR) is 57.9 cm³/mol. The highest BCUT2D eigenvalue weighted by Crippen LogP contribution is 2.21. The van der Waals surface area contributed by atoms with Gasteiger partial charge in [0.15, 0.2) is 11.6 Å². The number of benzene rings is 1. The van der Waals surface area contributed by atoms with E-state index in [2.05, 4.69) is 5.32 Å². The third-order valence-corrected chi connectivity index (χ3v) is 2.73. The maximum Gasteiger partial charge on any atom is 0.166 e. The Kier molecular flexibility index (Phi) is 3.44. The molecule has 82 valence electrons. The van der Waals surface area contributed by atoms with E-state index in [1.807, 2.05) is 0 Å². The van der Waals surface area contributed by atoms with Crippen LogP contribution in [0.25, 0.3) is 0 Å². The van der Waals surface area contributed by atoms with Gasteiger partial charge in [-0.25, -0.2) is 4.39 Å². The molecule has 0 saturated carbocycles. The minimum Gasteiger partial charge on any atom is -0.489 e. The lowest BCUT2D eigenvalue weighted by molar-refractivity contribution is 0.265. The minimum absolute atomic E-state index is 0.271. The van der Waals surface area contributed by atoms with Crippen molar-refractivity contribution in [1.82, 2.24) is 5.32 Å².